The van der Waals surface area contributed by atoms with E-state index in [0.717, 1.165) is 22.6 Å². The Balaban J connectivity index is 1.54. The van der Waals surface area contributed by atoms with Gasteiger partial charge in [-0.1, -0.05) is 23.8 Å². The molecule has 1 heterocycles. The molecule has 0 aliphatic carbocycles. The van der Waals surface area contributed by atoms with Crippen LogP contribution in [-0.2, 0) is 17.9 Å². The summed E-state index contributed by atoms with van der Waals surface area (Å²) < 4.78 is 16.7. The molecule has 0 aliphatic rings. The fraction of sp³-hybridized carbons (Fsp3) is 0.261. The number of ether oxygens (including phenoxy) is 2. The lowest BCUT2D eigenvalue weighted by Gasteiger charge is -2.14. The van der Waals surface area contributed by atoms with E-state index in [-0.39, 0.29) is 12.5 Å². The molecule has 3 aromatic rings. The van der Waals surface area contributed by atoms with E-state index in [4.69, 9.17) is 13.9 Å². The predicted octanol–water partition coefficient (Wildman–Crippen LogP) is 4.29. The summed E-state index contributed by atoms with van der Waals surface area (Å²) in [5, 5.41) is 6.14. The smallest absolute Gasteiger partial charge is 0.262 e. The van der Waals surface area contributed by atoms with Crippen LogP contribution in [0.1, 0.15) is 23.8 Å². The molecule has 1 amide bonds. The highest BCUT2D eigenvalue weighted by Crippen LogP contribution is 2.28. The van der Waals surface area contributed by atoms with Crippen LogP contribution in [-0.4, -0.2) is 19.1 Å². The molecule has 29 heavy (non-hydrogen) atoms. The number of amides is 1. The number of carbonyl (C=O) groups excluding carboxylic acids is 1. The lowest BCUT2D eigenvalue weighted by atomic mass is 10.2. The quantitative estimate of drug-likeness (QED) is 0.537. The van der Waals surface area contributed by atoms with E-state index in [1.54, 1.807) is 6.26 Å². The Morgan fingerprint density at radius 1 is 1.00 bits per heavy atom. The molecule has 6 heteroatoms. The van der Waals surface area contributed by atoms with Crippen molar-refractivity contribution in [2.24, 2.45) is 0 Å². The molecule has 2 N–H and O–H groups in total. The van der Waals surface area contributed by atoms with Crippen LogP contribution in [0.25, 0.3) is 0 Å². The van der Waals surface area contributed by atoms with Gasteiger partial charge in [-0.25, -0.2) is 0 Å². The van der Waals surface area contributed by atoms with E-state index in [1.807, 2.05) is 68.4 Å². The summed E-state index contributed by atoms with van der Waals surface area (Å²) in [6.07, 6.45) is 1.66. The van der Waals surface area contributed by atoms with Gasteiger partial charge in [0.25, 0.3) is 5.91 Å². The van der Waals surface area contributed by atoms with Crippen LogP contribution in [0.4, 0.5) is 5.69 Å². The Labute approximate surface area is 170 Å². The first-order valence-electron chi connectivity index (χ1n) is 9.62. The number of hydrogen-bond acceptors (Lipinski definition) is 5. The van der Waals surface area contributed by atoms with Gasteiger partial charge >= 0.3 is 0 Å². The van der Waals surface area contributed by atoms with E-state index in [1.165, 1.54) is 0 Å². The van der Waals surface area contributed by atoms with Gasteiger partial charge in [0.1, 0.15) is 5.76 Å². The van der Waals surface area contributed by atoms with Crippen LogP contribution in [0.15, 0.2) is 65.3 Å². The summed E-state index contributed by atoms with van der Waals surface area (Å²) in [6.45, 7) is 5.64. The van der Waals surface area contributed by atoms with Gasteiger partial charge in [-0.05, 0) is 55.8 Å². The van der Waals surface area contributed by atoms with Gasteiger partial charge in [-0.3, -0.25) is 4.79 Å². The van der Waals surface area contributed by atoms with Gasteiger partial charge in [0.2, 0.25) is 0 Å². The van der Waals surface area contributed by atoms with Crippen LogP contribution in [0, 0.1) is 6.92 Å². The molecule has 6 nitrogen and oxygen atoms in total. The summed E-state index contributed by atoms with van der Waals surface area (Å²) in [5.41, 5.74) is 2.93. The zero-order valence-corrected chi connectivity index (χ0v) is 16.7. The van der Waals surface area contributed by atoms with Gasteiger partial charge in [0, 0.05) is 12.2 Å². The minimum Gasteiger partial charge on any atom is -0.490 e. The number of nitrogens with one attached hydrogen (secondary N) is 2. The van der Waals surface area contributed by atoms with Crippen molar-refractivity contribution in [2.75, 3.05) is 18.5 Å². The third kappa shape index (κ3) is 6.40. The third-order valence-corrected chi connectivity index (χ3v) is 4.21. The van der Waals surface area contributed by atoms with Crippen LogP contribution in [0.5, 0.6) is 11.5 Å². The summed E-state index contributed by atoms with van der Waals surface area (Å²) in [6, 6.07) is 17.1. The van der Waals surface area contributed by atoms with Crippen LogP contribution in [0.3, 0.4) is 0 Å². The monoisotopic (exact) mass is 394 g/mol. The number of anilines is 1. The second-order valence-electron chi connectivity index (χ2n) is 6.60. The maximum atomic E-state index is 12.2. The number of carbonyl (C=O) groups is 1. The fourth-order valence-electron chi connectivity index (χ4n) is 2.77. The maximum Gasteiger partial charge on any atom is 0.262 e. The van der Waals surface area contributed by atoms with E-state index >= 15 is 0 Å². The van der Waals surface area contributed by atoms with E-state index in [9.17, 15) is 4.79 Å². The van der Waals surface area contributed by atoms with Gasteiger partial charge in [0.05, 0.1) is 19.4 Å². The number of furan rings is 1. The summed E-state index contributed by atoms with van der Waals surface area (Å²) in [7, 11) is 0. The SMILES string of the molecule is CCOc1cc(CNCc2ccco2)ccc1OCC(=O)Nc1ccc(C)cc1. The van der Waals surface area contributed by atoms with Gasteiger partial charge in [-0.15, -0.1) is 0 Å². The van der Waals surface area contributed by atoms with Gasteiger partial charge in [-0.2, -0.15) is 0 Å². The van der Waals surface area contributed by atoms with Gasteiger partial charge in [0.15, 0.2) is 18.1 Å². The first-order chi connectivity index (χ1) is 14.1. The lowest BCUT2D eigenvalue weighted by Crippen LogP contribution is -2.20. The summed E-state index contributed by atoms with van der Waals surface area (Å²) >= 11 is 0. The first-order valence-corrected chi connectivity index (χ1v) is 9.62. The number of rotatable bonds is 10. The molecule has 0 atom stereocenters. The molecule has 1 aromatic heterocycles. The predicted molar refractivity (Wildman–Crippen MR) is 112 cm³/mol. The van der Waals surface area contributed by atoms with Crippen LogP contribution < -0.4 is 20.1 Å². The maximum absolute atomic E-state index is 12.2. The average Bonchev–Trinajstić information content (AvgIpc) is 3.23. The van der Waals surface area contributed by atoms with E-state index in [2.05, 4.69) is 10.6 Å². The Morgan fingerprint density at radius 2 is 1.83 bits per heavy atom. The zero-order valence-electron chi connectivity index (χ0n) is 16.7. The van der Waals surface area contributed by atoms with Crippen molar-refractivity contribution >= 4 is 11.6 Å². The highest BCUT2D eigenvalue weighted by molar-refractivity contribution is 5.91. The summed E-state index contributed by atoms with van der Waals surface area (Å²) in [5.74, 6) is 1.82. The molecular weight excluding hydrogens is 368 g/mol. The molecule has 3 rings (SSSR count). The average molecular weight is 394 g/mol. The Morgan fingerprint density at radius 3 is 2.55 bits per heavy atom. The van der Waals surface area contributed by atoms with Gasteiger partial charge < -0.3 is 24.5 Å². The van der Waals surface area contributed by atoms with Crippen molar-refractivity contribution < 1.29 is 18.7 Å². The fourth-order valence-corrected chi connectivity index (χ4v) is 2.77. The molecular formula is C23H26N2O4. The molecule has 152 valence electrons. The largest absolute Gasteiger partial charge is 0.490 e. The van der Waals surface area contributed by atoms with Crippen LogP contribution >= 0.6 is 0 Å². The van der Waals surface area contributed by atoms with Crippen molar-refractivity contribution in [3.8, 4) is 11.5 Å². The Hall–Kier alpha value is -3.25. The minimum absolute atomic E-state index is 0.0932. The molecule has 0 saturated carbocycles. The number of hydrogen-bond donors (Lipinski definition) is 2. The Kier molecular flexibility index (Phi) is 7.30. The normalized spacial score (nSPS) is 10.6. The highest BCUT2D eigenvalue weighted by Gasteiger charge is 2.10. The molecule has 0 fully saturated rings. The first kappa shape index (κ1) is 20.5. The molecule has 0 spiro atoms. The number of benzene rings is 2. The minimum atomic E-state index is -0.222. The molecule has 0 radical (unpaired) electrons. The van der Waals surface area contributed by atoms with Crippen molar-refractivity contribution in [1.29, 1.82) is 0 Å². The van der Waals surface area contributed by atoms with Crippen LogP contribution in [0.2, 0.25) is 0 Å². The molecule has 0 aliphatic heterocycles. The van der Waals surface area contributed by atoms with Crippen molar-refractivity contribution in [3.05, 3.63) is 77.7 Å². The highest BCUT2D eigenvalue weighted by atomic mass is 16.5. The van der Waals surface area contributed by atoms with Crippen molar-refractivity contribution in [3.63, 3.8) is 0 Å². The standard InChI is InChI=1S/C23H26N2O4/c1-3-27-22-13-18(14-24-15-20-5-4-12-28-20)8-11-21(22)29-16-23(26)25-19-9-6-17(2)7-10-19/h4-13,24H,3,14-16H2,1-2H3,(H,25,26). The molecule has 0 bridgehead atoms. The van der Waals surface area contributed by atoms with E-state index < -0.39 is 0 Å². The molecule has 0 unspecified atom stereocenters. The number of aryl methyl sites for hydroxylation is 1. The second kappa shape index (κ2) is 10.3. The van der Waals surface area contributed by atoms with E-state index in [0.29, 0.717) is 31.2 Å². The third-order valence-electron chi connectivity index (χ3n) is 4.21. The molecule has 2 aromatic carbocycles. The Bertz CT molecular complexity index is 905. The van der Waals surface area contributed by atoms with Crippen molar-refractivity contribution in [1.82, 2.24) is 5.32 Å². The topological polar surface area (TPSA) is 72.7 Å². The second-order valence-corrected chi connectivity index (χ2v) is 6.60. The zero-order chi connectivity index (χ0) is 20.5. The molecule has 0 saturated heterocycles. The van der Waals surface area contributed by atoms with Crippen molar-refractivity contribution in [2.45, 2.75) is 26.9 Å². The lowest BCUT2D eigenvalue weighted by molar-refractivity contribution is -0.118. The summed E-state index contributed by atoms with van der Waals surface area (Å²) in [4.78, 5) is 12.2.